The Bertz CT molecular complexity index is 473. The lowest BCUT2D eigenvalue weighted by Crippen LogP contribution is -2.39. The van der Waals surface area contributed by atoms with E-state index in [0.717, 1.165) is 5.57 Å². The van der Waals surface area contributed by atoms with Crippen LogP contribution in [0.3, 0.4) is 0 Å². The summed E-state index contributed by atoms with van der Waals surface area (Å²) in [5.41, 5.74) is 0.919. The van der Waals surface area contributed by atoms with Crippen LogP contribution >= 0.6 is 58.3 Å². The second-order valence-corrected chi connectivity index (χ2v) is 12.6. The molecule has 0 aromatic carbocycles. The van der Waals surface area contributed by atoms with Gasteiger partial charge in [-0.3, -0.25) is 0 Å². The first-order valence-corrected chi connectivity index (χ1v) is 10.2. The van der Waals surface area contributed by atoms with E-state index < -0.39 is 9.21 Å². The summed E-state index contributed by atoms with van der Waals surface area (Å²) in [5, 5.41) is 0.643. The Balaban J connectivity index is 2.30. The minimum Gasteiger partial charge on any atom is -0.136 e. The zero-order chi connectivity index (χ0) is 16.1. The van der Waals surface area contributed by atoms with Crippen LogP contribution in [0, 0.1) is 10.8 Å². The monoisotopic (exact) mass is 384 g/mol. The summed E-state index contributed by atoms with van der Waals surface area (Å²) >= 11 is 22.6. The van der Waals surface area contributed by atoms with Crippen LogP contribution in [0.1, 0.15) is 41.0 Å². The fraction of sp³-hybridized carbons (Fsp3) is 0.750. The van der Waals surface area contributed by atoms with Crippen molar-refractivity contribution in [2.24, 2.45) is 10.8 Å². The highest BCUT2D eigenvalue weighted by Gasteiger charge is 2.49. The highest BCUT2D eigenvalue weighted by atomic mass is 35.6. The number of alkyl halides is 3. The molecule has 0 aromatic rings. The van der Waals surface area contributed by atoms with Crippen molar-refractivity contribution in [3.05, 3.63) is 23.8 Å². The van der Waals surface area contributed by atoms with Gasteiger partial charge in [0, 0.05) is 5.25 Å². The molecule has 3 atom stereocenters. The van der Waals surface area contributed by atoms with Gasteiger partial charge in [0.1, 0.15) is 0 Å². The van der Waals surface area contributed by atoms with Gasteiger partial charge in [0.05, 0.1) is 9.49 Å². The molecule has 1 heterocycles. The van der Waals surface area contributed by atoms with E-state index in [1.165, 1.54) is 12.2 Å². The van der Waals surface area contributed by atoms with Crippen molar-refractivity contribution in [3.8, 4) is 0 Å². The van der Waals surface area contributed by atoms with E-state index in [1.54, 1.807) is 0 Å². The van der Waals surface area contributed by atoms with Gasteiger partial charge in [0.15, 0.2) is 0 Å². The third-order valence-electron chi connectivity index (χ3n) is 4.47. The van der Waals surface area contributed by atoms with Crippen LogP contribution in [0.4, 0.5) is 0 Å². The molecular weight excluding hydrogens is 363 g/mol. The molecule has 1 aliphatic heterocycles. The highest BCUT2D eigenvalue weighted by molar-refractivity contribution is 8.19. The second-order valence-electron chi connectivity index (χ2n) is 7.19. The van der Waals surface area contributed by atoms with Gasteiger partial charge in [-0.25, -0.2) is 0 Å². The van der Waals surface area contributed by atoms with Crippen molar-refractivity contribution in [1.29, 1.82) is 0 Å². The predicted molar refractivity (Wildman–Crippen MR) is 102 cm³/mol. The standard InChI is InChI=1S/C16H23Cl3S2/c1-11-10-15(8-7-14(11,5)16(17,18)19)20-9-6-12(21-15)13(2,3)4/h7-8,10,12H,6,9H2,1-5H3. The van der Waals surface area contributed by atoms with Crippen LogP contribution in [0.15, 0.2) is 23.8 Å². The molecule has 0 N–H and O–H groups in total. The second kappa shape index (κ2) is 5.84. The molecule has 1 spiro atoms. The van der Waals surface area contributed by atoms with Crippen LogP contribution in [-0.4, -0.2) is 18.9 Å². The summed E-state index contributed by atoms with van der Waals surface area (Å²) in [6.07, 6.45) is 7.90. The van der Waals surface area contributed by atoms with Crippen molar-refractivity contribution >= 4 is 58.3 Å². The van der Waals surface area contributed by atoms with Gasteiger partial charge in [-0.05, 0) is 31.4 Å². The van der Waals surface area contributed by atoms with Crippen molar-refractivity contribution in [2.75, 3.05) is 5.75 Å². The lowest BCUT2D eigenvalue weighted by atomic mass is 9.80. The molecular formula is C16H23Cl3S2. The number of halogens is 3. The number of rotatable bonds is 0. The molecule has 0 amide bonds. The zero-order valence-electron chi connectivity index (χ0n) is 13.2. The minimum absolute atomic E-state index is 0.00426. The first kappa shape index (κ1) is 18.4. The number of thioether (sulfide) groups is 2. The summed E-state index contributed by atoms with van der Waals surface area (Å²) in [6, 6.07) is 0. The van der Waals surface area contributed by atoms with Crippen LogP contribution in [0.25, 0.3) is 0 Å². The van der Waals surface area contributed by atoms with Crippen LogP contribution in [0.5, 0.6) is 0 Å². The molecule has 2 rings (SSSR count). The zero-order valence-corrected chi connectivity index (χ0v) is 17.1. The van der Waals surface area contributed by atoms with Crippen molar-refractivity contribution in [1.82, 2.24) is 0 Å². The fourth-order valence-electron chi connectivity index (χ4n) is 2.65. The lowest BCUT2D eigenvalue weighted by molar-refractivity contribution is 0.387. The van der Waals surface area contributed by atoms with E-state index >= 15 is 0 Å². The summed E-state index contributed by atoms with van der Waals surface area (Å²) in [7, 11) is 0. The molecule has 3 unspecified atom stereocenters. The normalized spacial score (nSPS) is 37.7. The molecule has 120 valence electrons. The Morgan fingerprint density at radius 1 is 1.19 bits per heavy atom. The largest absolute Gasteiger partial charge is 0.202 e. The quantitative estimate of drug-likeness (QED) is 0.330. The summed E-state index contributed by atoms with van der Waals surface area (Å²) < 4.78 is -1.32. The van der Waals surface area contributed by atoms with Crippen LogP contribution in [-0.2, 0) is 0 Å². The number of allylic oxidation sites excluding steroid dienone is 2. The molecule has 0 radical (unpaired) electrons. The Morgan fingerprint density at radius 3 is 2.29 bits per heavy atom. The Hall–Kier alpha value is 1.05. The molecule has 5 heteroatoms. The van der Waals surface area contributed by atoms with Crippen molar-refractivity contribution in [2.45, 2.75) is 54.2 Å². The highest BCUT2D eigenvalue weighted by Crippen LogP contribution is 2.59. The minimum atomic E-state index is -1.32. The van der Waals surface area contributed by atoms with Gasteiger partial charge in [0.2, 0.25) is 3.79 Å². The van der Waals surface area contributed by atoms with Crippen LogP contribution in [0.2, 0.25) is 0 Å². The molecule has 0 bridgehead atoms. The molecule has 0 aromatic heterocycles. The third kappa shape index (κ3) is 3.60. The van der Waals surface area contributed by atoms with E-state index in [2.05, 4.69) is 45.9 Å². The Labute approximate surface area is 152 Å². The lowest BCUT2D eigenvalue weighted by Gasteiger charge is -2.46. The van der Waals surface area contributed by atoms with E-state index in [-0.39, 0.29) is 4.08 Å². The van der Waals surface area contributed by atoms with E-state index in [0.29, 0.717) is 10.7 Å². The third-order valence-corrected chi connectivity index (χ3v) is 9.29. The molecule has 0 saturated carbocycles. The number of hydrogen-bond acceptors (Lipinski definition) is 2. The average Bonchev–Trinajstić information content (AvgIpc) is 2.32. The molecule has 1 saturated heterocycles. The maximum Gasteiger partial charge on any atom is 0.202 e. The maximum absolute atomic E-state index is 6.20. The first-order valence-electron chi connectivity index (χ1n) is 7.18. The predicted octanol–water partition coefficient (Wildman–Crippen LogP) is 6.86. The van der Waals surface area contributed by atoms with Crippen LogP contribution < -0.4 is 0 Å². The smallest absolute Gasteiger partial charge is 0.136 e. The van der Waals surface area contributed by atoms with Gasteiger partial charge in [-0.15, -0.1) is 23.5 Å². The van der Waals surface area contributed by atoms with Gasteiger partial charge < -0.3 is 0 Å². The Morgan fingerprint density at radius 2 is 1.81 bits per heavy atom. The van der Waals surface area contributed by atoms with Crippen molar-refractivity contribution < 1.29 is 0 Å². The summed E-state index contributed by atoms with van der Waals surface area (Å²) in [6.45, 7) is 11.0. The molecule has 2 aliphatic rings. The average molecular weight is 386 g/mol. The van der Waals surface area contributed by atoms with E-state index in [1.807, 2.05) is 30.4 Å². The van der Waals surface area contributed by atoms with Crippen molar-refractivity contribution in [3.63, 3.8) is 0 Å². The van der Waals surface area contributed by atoms with E-state index in [9.17, 15) is 0 Å². The number of hydrogen-bond donors (Lipinski definition) is 0. The Kier molecular flexibility index (Phi) is 5.12. The van der Waals surface area contributed by atoms with Gasteiger partial charge in [-0.1, -0.05) is 79.4 Å². The van der Waals surface area contributed by atoms with Gasteiger partial charge in [0.25, 0.3) is 0 Å². The summed E-state index contributed by atoms with van der Waals surface area (Å²) in [4.78, 5) is 0. The maximum atomic E-state index is 6.20. The molecule has 1 aliphatic carbocycles. The topological polar surface area (TPSA) is 0 Å². The molecule has 21 heavy (non-hydrogen) atoms. The summed E-state index contributed by atoms with van der Waals surface area (Å²) in [5.74, 6) is 1.17. The van der Waals surface area contributed by atoms with Gasteiger partial charge in [-0.2, -0.15) is 0 Å². The van der Waals surface area contributed by atoms with Gasteiger partial charge >= 0.3 is 0 Å². The van der Waals surface area contributed by atoms with E-state index in [4.69, 9.17) is 34.8 Å². The molecule has 0 nitrogen and oxygen atoms in total. The SMILES string of the molecule is CC1=CC2(C=CC1(C)C(Cl)(Cl)Cl)SCCC(C(C)(C)C)S2. The fourth-order valence-corrected chi connectivity index (χ4v) is 6.82. The first-order chi connectivity index (χ1) is 9.40. The molecule has 1 fully saturated rings.